The van der Waals surface area contributed by atoms with Gasteiger partial charge in [0.25, 0.3) is 5.91 Å². The van der Waals surface area contributed by atoms with Gasteiger partial charge in [-0.05, 0) is 43.9 Å². The first-order valence-corrected chi connectivity index (χ1v) is 6.62. The van der Waals surface area contributed by atoms with E-state index < -0.39 is 5.60 Å². The fourth-order valence-corrected chi connectivity index (χ4v) is 2.26. The lowest BCUT2D eigenvalue weighted by Gasteiger charge is -2.35. The van der Waals surface area contributed by atoms with Crippen molar-refractivity contribution in [1.29, 1.82) is 0 Å². The van der Waals surface area contributed by atoms with Crippen LogP contribution in [-0.2, 0) is 6.42 Å². The topological polar surface area (TPSA) is 40.5 Å². The van der Waals surface area contributed by atoms with E-state index in [1.54, 1.807) is 0 Å². The van der Waals surface area contributed by atoms with E-state index in [0.717, 1.165) is 12.0 Å². The number of aliphatic hydroxyl groups is 1. The van der Waals surface area contributed by atoms with Crippen molar-refractivity contribution in [3.8, 4) is 0 Å². The van der Waals surface area contributed by atoms with Crippen molar-refractivity contribution in [3.05, 3.63) is 35.4 Å². The number of carbonyl (C=O) groups is 1. The number of benzene rings is 1. The predicted molar refractivity (Wildman–Crippen MR) is 71.6 cm³/mol. The van der Waals surface area contributed by atoms with Crippen LogP contribution < -0.4 is 0 Å². The minimum atomic E-state index is -0.608. The smallest absolute Gasteiger partial charge is 0.253 e. The highest BCUT2D eigenvalue weighted by Gasteiger charge is 2.29. The third-order valence-corrected chi connectivity index (χ3v) is 3.74. The maximum atomic E-state index is 12.3. The van der Waals surface area contributed by atoms with Gasteiger partial charge in [0.1, 0.15) is 0 Å². The van der Waals surface area contributed by atoms with E-state index >= 15 is 0 Å². The average Bonchev–Trinajstić information content (AvgIpc) is 2.38. The molecule has 18 heavy (non-hydrogen) atoms. The summed E-state index contributed by atoms with van der Waals surface area (Å²) < 4.78 is 0. The number of carbonyl (C=O) groups excluding carboxylic acids is 1. The van der Waals surface area contributed by atoms with E-state index in [1.165, 1.54) is 5.56 Å². The molecule has 1 aromatic carbocycles. The van der Waals surface area contributed by atoms with Crippen molar-refractivity contribution in [1.82, 2.24) is 4.90 Å². The van der Waals surface area contributed by atoms with Gasteiger partial charge < -0.3 is 10.0 Å². The number of aryl methyl sites for hydroxylation is 1. The molecule has 1 saturated heterocycles. The summed E-state index contributed by atoms with van der Waals surface area (Å²) in [5.41, 5.74) is 1.38. The number of rotatable bonds is 2. The molecule has 0 aromatic heterocycles. The molecule has 1 aliphatic heterocycles. The highest BCUT2D eigenvalue weighted by atomic mass is 16.3. The monoisotopic (exact) mass is 247 g/mol. The minimum absolute atomic E-state index is 0.0770. The number of likely N-dealkylation sites (tertiary alicyclic amines) is 1. The second-order valence-corrected chi connectivity index (χ2v) is 5.34. The van der Waals surface area contributed by atoms with Gasteiger partial charge in [-0.3, -0.25) is 4.79 Å². The SMILES string of the molecule is CCc1ccc(C(=O)N2CCC(C)(O)CC2)cc1. The molecule has 0 aliphatic carbocycles. The zero-order chi connectivity index (χ0) is 13.2. The Kier molecular flexibility index (Phi) is 3.71. The van der Waals surface area contributed by atoms with Crippen molar-refractivity contribution in [2.24, 2.45) is 0 Å². The molecular formula is C15H21NO2. The van der Waals surface area contributed by atoms with Crippen molar-refractivity contribution >= 4 is 5.91 Å². The second kappa shape index (κ2) is 5.11. The third-order valence-electron chi connectivity index (χ3n) is 3.74. The zero-order valence-electron chi connectivity index (χ0n) is 11.1. The lowest BCUT2D eigenvalue weighted by molar-refractivity contribution is -0.00202. The van der Waals surface area contributed by atoms with Crippen LogP contribution in [0.1, 0.15) is 42.6 Å². The summed E-state index contributed by atoms with van der Waals surface area (Å²) >= 11 is 0. The molecule has 3 nitrogen and oxygen atoms in total. The molecule has 1 aliphatic rings. The molecule has 98 valence electrons. The lowest BCUT2D eigenvalue weighted by Crippen LogP contribution is -2.45. The average molecular weight is 247 g/mol. The number of nitrogens with zero attached hydrogens (tertiary/aromatic N) is 1. The molecule has 1 heterocycles. The number of hydrogen-bond acceptors (Lipinski definition) is 2. The third kappa shape index (κ3) is 2.91. The molecule has 3 heteroatoms. The highest BCUT2D eigenvalue weighted by molar-refractivity contribution is 5.94. The Morgan fingerprint density at radius 2 is 1.83 bits per heavy atom. The molecule has 1 fully saturated rings. The zero-order valence-corrected chi connectivity index (χ0v) is 11.1. The quantitative estimate of drug-likeness (QED) is 0.870. The van der Waals surface area contributed by atoms with E-state index in [1.807, 2.05) is 36.1 Å². The Labute approximate surface area is 108 Å². The fraction of sp³-hybridized carbons (Fsp3) is 0.533. The van der Waals surface area contributed by atoms with Crippen molar-refractivity contribution in [2.75, 3.05) is 13.1 Å². The summed E-state index contributed by atoms with van der Waals surface area (Å²) in [6.45, 7) is 5.22. The van der Waals surface area contributed by atoms with Crippen LogP contribution in [-0.4, -0.2) is 34.6 Å². The van der Waals surface area contributed by atoms with Gasteiger partial charge in [0.05, 0.1) is 5.60 Å². The molecule has 0 saturated carbocycles. The first kappa shape index (κ1) is 13.1. The van der Waals surface area contributed by atoms with E-state index in [9.17, 15) is 9.90 Å². The Balaban J connectivity index is 2.03. The molecule has 1 N–H and O–H groups in total. The van der Waals surface area contributed by atoms with Gasteiger partial charge in [0.15, 0.2) is 0 Å². The maximum Gasteiger partial charge on any atom is 0.253 e. The van der Waals surface area contributed by atoms with E-state index in [0.29, 0.717) is 25.9 Å². The molecule has 1 aromatic rings. The number of hydrogen-bond donors (Lipinski definition) is 1. The summed E-state index contributed by atoms with van der Waals surface area (Å²) in [5.74, 6) is 0.0770. The maximum absolute atomic E-state index is 12.3. The predicted octanol–water partition coefficient (Wildman–Crippen LogP) is 2.24. The van der Waals surface area contributed by atoms with Crippen molar-refractivity contribution < 1.29 is 9.90 Å². The first-order chi connectivity index (χ1) is 8.52. The van der Waals surface area contributed by atoms with Crippen LogP contribution >= 0.6 is 0 Å². The number of piperidine rings is 1. The van der Waals surface area contributed by atoms with E-state index in [-0.39, 0.29) is 5.91 Å². The van der Waals surface area contributed by atoms with Gasteiger partial charge in [0.2, 0.25) is 0 Å². The highest BCUT2D eigenvalue weighted by Crippen LogP contribution is 2.22. The summed E-state index contributed by atoms with van der Waals surface area (Å²) in [6.07, 6.45) is 2.30. The largest absolute Gasteiger partial charge is 0.390 e. The molecule has 2 rings (SSSR count). The summed E-state index contributed by atoms with van der Waals surface area (Å²) in [5, 5.41) is 9.87. The molecule has 0 bridgehead atoms. The summed E-state index contributed by atoms with van der Waals surface area (Å²) in [6, 6.07) is 7.81. The van der Waals surface area contributed by atoms with Crippen LogP contribution in [0.5, 0.6) is 0 Å². The lowest BCUT2D eigenvalue weighted by atomic mass is 9.93. The Morgan fingerprint density at radius 3 is 2.33 bits per heavy atom. The van der Waals surface area contributed by atoms with Gasteiger partial charge in [-0.15, -0.1) is 0 Å². The summed E-state index contributed by atoms with van der Waals surface area (Å²) in [4.78, 5) is 14.1. The molecule has 0 radical (unpaired) electrons. The molecular weight excluding hydrogens is 226 g/mol. The van der Waals surface area contributed by atoms with Gasteiger partial charge in [-0.25, -0.2) is 0 Å². The van der Waals surface area contributed by atoms with Gasteiger partial charge in [-0.1, -0.05) is 19.1 Å². The van der Waals surface area contributed by atoms with E-state index in [4.69, 9.17) is 0 Å². The van der Waals surface area contributed by atoms with Gasteiger partial charge in [-0.2, -0.15) is 0 Å². The van der Waals surface area contributed by atoms with Gasteiger partial charge in [0, 0.05) is 18.7 Å². The minimum Gasteiger partial charge on any atom is -0.390 e. The van der Waals surface area contributed by atoms with Crippen LogP contribution in [0.4, 0.5) is 0 Å². The van der Waals surface area contributed by atoms with Crippen LogP contribution in [0.25, 0.3) is 0 Å². The number of amides is 1. The van der Waals surface area contributed by atoms with Gasteiger partial charge >= 0.3 is 0 Å². The second-order valence-electron chi connectivity index (χ2n) is 5.34. The Bertz CT molecular complexity index is 413. The van der Waals surface area contributed by atoms with Crippen LogP contribution in [0.3, 0.4) is 0 Å². The molecule has 0 atom stereocenters. The van der Waals surface area contributed by atoms with Crippen molar-refractivity contribution in [2.45, 2.75) is 38.7 Å². The molecule has 0 spiro atoms. The molecule has 1 amide bonds. The van der Waals surface area contributed by atoms with Crippen LogP contribution in [0.2, 0.25) is 0 Å². The Morgan fingerprint density at radius 1 is 1.28 bits per heavy atom. The molecule has 0 unspecified atom stereocenters. The standard InChI is InChI=1S/C15H21NO2/c1-3-12-4-6-13(7-5-12)14(17)16-10-8-15(2,18)9-11-16/h4-7,18H,3,8-11H2,1-2H3. The van der Waals surface area contributed by atoms with Crippen molar-refractivity contribution in [3.63, 3.8) is 0 Å². The first-order valence-electron chi connectivity index (χ1n) is 6.62. The van der Waals surface area contributed by atoms with E-state index in [2.05, 4.69) is 6.92 Å². The van der Waals surface area contributed by atoms with Crippen LogP contribution in [0, 0.1) is 0 Å². The normalized spacial score (nSPS) is 18.7. The summed E-state index contributed by atoms with van der Waals surface area (Å²) in [7, 11) is 0. The fourth-order valence-electron chi connectivity index (χ4n) is 2.26. The Hall–Kier alpha value is -1.35. The van der Waals surface area contributed by atoms with Crippen LogP contribution in [0.15, 0.2) is 24.3 Å².